The number of carbonyl (C=O) groups excluding carboxylic acids is 1. The second kappa shape index (κ2) is 8.58. The molecule has 1 N–H and O–H groups in total. The van der Waals surface area contributed by atoms with E-state index >= 15 is 0 Å². The van der Waals surface area contributed by atoms with Crippen molar-refractivity contribution in [2.24, 2.45) is 0 Å². The van der Waals surface area contributed by atoms with Crippen LogP contribution in [0.2, 0.25) is 5.02 Å². The summed E-state index contributed by atoms with van der Waals surface area (Å²) in [5, 5.41) is 3.06. The molecule has 2 aromatic carbocycles. The quantitative estimate of drug-likeness (QED) is 0.845. The van der Waals surface area contributed by atoms with Crippen LogP contribution in [0.4, 0.5) is 9.18 Å². The van der Waals surface area contributed by atoms with Crippen LogP contribution in [0, 0.1) is 5.82 Å². The van der Waals surface area contributed by atoms with Crippen molar-refractivity contribution < 1.29 is 18.7 Å². The number of benzene rings is 2. The van der Waals surface area contributed by atoms with Crippen LogP contribution in [-0.2, 0) is 13.1 Å². The van der Waals surface area contributed by atoms with Crippen molar-refractivity contribution in [3.63, 3.8) is 0 Å². The molecule has 5 nitrogen and oxygen atoms in total. The number of urea groups is 1. The monoisotopic (exact) mass is 366 g/mol. The van der Waals surface area contributed by atoms with Gasteiger partial charge in [0.1, 0.15) is 5.82 Å². The lowest BCUT2D eigenvalue weighted by molar-refractivity contribution is 0.206. The van der Waals surface area contributed by atoms with Gasteiger partial charge in [0, 0.05) is 24.2 Å². The van der Waals surface area contributed by atoms with E-state index < -0.39 is 5.82 Å². The van der Waals surface area contributed by atoms with E-state index in [1.807, 2.05) is 6.07 Å². The summed E-state index contributed by atoms with van der Waals surface area (Å²) < 4.78 is 24.2. The van der Waals surface area contributed by atoms with Gasteiger partial charge in [-0.1, -0.05) is 23.7 Å². The van der Waals surface area contributed by atoms with Crippen molar-refractivity contribution in [2.75, 3.05) is 21.3 Å². The molecule has 0 radical (unpaired) electrons. The van der Waals surface area contributed by atoms with Crippen molar-refractivity contribution in [1.29, 1.82) is 0 Å². The molecule has 0 unspecified atom stereocenters. The summed E-state index contributed by atoms with van der Waals surface area (Å²) in [7, 11) is 4.68. The molecule has 134 valence electrons. The zero-order valence-electron chi connectivity index (χ0n) is 14.3. The predicted octanol–water partition coefficient (Wildman–Crippen LogP) is 3.84. The number of ether oxygens (including phenoxy) is 2. The molecule has 0 saturated heterocycles. The number of nitrogens with one attached hydrogen (secondary N) is 1. The first kappa shape index (κ1) is 18.9. The maximum absolute atomic E-state index is 13.8. The molecule has 2 rings (SSSR count). The summed E-state index contributed by atoms with van der Waals surface area (Å²) in [5.41, 5.74) is 1.14. The summed E-state index contributed by atoms with van der Waals surface area (Å²) in [5.74, 6) is 0.761. The minimum absolute atomic E-state index is 0.0727. The SMILES string of the molecule is COc1ccc(CNC(=O)N(C)Cc2c(F)cccc2Cl)cc1OC. The highest BCUT2D eigenvalue weighted by molar-refractivity contribution is 6.31. The molecular weight excluding hydrogens is 347 g/mol. The molecule has 7 heteroatoms. The molecule has 0 atom stereocenters. The maximum Gasteiger partial charge on any atom is 0.317 e. The fourth-order valence-electron chi connectivity index (χ4n) is 2.30. The van der Waals surface area contributed by atoms with E-state index in [-0.39, 0.29) is 18.1 Å². The third-order valence-corrected chi connectivity index (χ3v) is 4.05. The van der Waals surface area contributed by atoms with Gasteiger partial charge < -0.3 is 19.7 Å². The van der Waals surface area contributed by atoms with E-state index in [1.165, 1.54) is 17.0 Å². The Kier molecular flexibility index (Phi) is 6.47. The Labute approximate surface area is 151 Å². The number of methoxy groups -OCH3 is 2. The minimum Gasteiger partial charge on any atom is -0.493 e. The standard InChI is InChI=1S/C18H20ClFN2O3/c1-22(11-13-14(19)5-4-6-15(13)20)18(23)21-10-12-7-8-16(24-2)17(9-12)25-3/h4-9H,10-11H2,1-3H3,(H,21,23). The van der Waals surface area contributed by atoms with Crippen molar-refractivity contribution in [3.8, 4) is 11.5 Å². The second-order valence-corrected chi connectivity index (χ2v) is 5.81. The Morgan fingerprint density at radius 1 is 1.20 bits per heavy atom. The second-order valence-electron chi connectivity index (χ2n) is 5.40. The molecule has 0 aliphatic carbocycles. The van der Waals surface area contributed by atoms with Gasteiger partial charge in [0.2, 0.25) is 0 Å². The normalized spacial score (nSPS) is 10.3. The minimum atomic E-state index is -0.438. The number of nitrogens with zero attached hydrogens (tertiary/aromatic N) is 1. The van der Waals surface area contributed by atoms with Crippen LogP contribution in [0.15, 0.2) is 36.4 Å². The van der Waals surface area contributed by atoms with Gasteiger partial charge in [0.25, 0.3) is 0 Å². The van der Waals surface area contributed by atoms with Gasteiger partial charge in [-0.2, -0.15) is 0 Å². The molecule has 0 bridgehead atoms. The van der Waals surface area contributed by atoms with Gasteiger partial charge in [0.15, 0.2) is 11.5 Å². The van der Waals surface area contributed by atoms with E-state index in [9.17, 15) is 9.18 Å². The van der Waals surface area contributed by atoms with Gasteiger partial charge in [-0.25, -0.2) is 9.18 Å². The summed E-state index contributed by atoms with van der Waals surface area (Å²) >= 11 is 5.99. The first-order valence-electron chi connectivity index (χ1n) is 7.59. The van der Waals surface area contributed by atoms with Crippen molar-refractivity contribution in [3.05, 3.63) is 58.4 Å². The first-order chi connectivity index (χ1) is 12.0. The fraction of sp³-hybridized carbons (Fsp3) is 0.278. The average molecular weight is 367 g/mol. The lowest BCUT2D eigenvalue weighted by atomic mass is 10.2. The highest BCUT2D eigenvalue weighted by Crippen LogP contribution is 2.27. The van der Waals surface area contributed by atoms with Crippen LogP contribution in [0.3, 0.4) is 0 Å². The molecule has 0 heterocycles. The van der Waals surface area contributed by atoms with Crippen LogP contribution >= 0.6 is 11.6 Å². The van der Waals surface area contributed by atoms with Gasteiger partial charge in [-0.05, 0) is 29.8 Å². The number of hydrogen-bond donors (Lipinski definition) is 1. The molecule has 0 aromatic heterocycles. The van der Waals surface area contributed by atoms with Gasteiger partial charge in [-0.3, -0.25) is 0 Å². The topological polar surface area (TPSA) is 50.8 Å². The highest BCUT2D eigenvalue weighted by Gasteiger charge is 2.14. The summed E-state index contributed by atoms with van der Waals surface area (Å²) in [6.45, 7) is 0.373. The van der Waals surface area contributed by atoms with Crippen LogP contribution in [-0.4, -0.2) is 32.2 Å². The summed E-state index contributed by atoms with van der Waals surface area (Å²) in [6.07, 6.45) is 0. The predicted molar refractivity (Wildman–Crippen MR) is 94.7 cm³/mol. The van der Waals surface area contributed by atoms with Crippen molar-refractivity contribution in [1.82, 2.24) is 10.2 Å². The van der Waals surface area contributed by atoms with Crippen LogP contribution < -0.4 is 14.8 Å². The zero-order chi connectivity index (χ0) is 18.4. The Bertz CT molecular complexity index is 735. The highest BCUT2D eigenvalue weighted by atomic mass is 35.5. The molecule has 2 aromatic rings. The molecule has 0 aliphatic rings. The van der Waals surface area contributed by atoms with E-state index in [4.69, 9.17) is 21.1 Å². The molecule has 0 saturated carbocycles. The van der Waals surface area contributed by atoms with Crippen LogP contribution in [0.1, 0.15) is 11.1 Å². The zero-order valence-corrected chi connectivity index (χ0v) is 15.1. The van der Waals surface area contributed by atoms with E-state index in [2.05, 4.69) is 5.32 Å². The smallest absolute Gasteiger partial charge is 0.317 e. The first-order valence-corrected chi connectivity index (χ1v) is 7.96. The number of hydrogen-bond acceptors (Lipinski definition) is 3. The average Bonchev–Trinajstić information content (AvgIpc) is 2.62. The van der Waals surface area contributed by atoms with Gasteiger partial charge in [-0.15, -0.1) is 0 Å². The number of halogens is 2. The Balaban J connectivity index is 1.98. The molecule has 2 amide bonds. The third kappa shape index (κ3) is 4.76. The molecule has 0 spiro atoms. The lowest BCUT2D eigenvalue weighted by Crippen LogP contribution is -2.36. The Hall–Kier alpha value is -2.47. The lowest BCUT2D eigenvalue weighted by Gasteiger charge is -2.19. The van der Waals surface area contributed by atoms with Crippen LogP contribution in [0.25, 0.3) is 0 Å². The third-order valence-electron chi connectivity index (χ3n) is 3.70. The van der Waals surface area contributed by atoms with E-state index in [0.717, 1.165) is 5.56 Å². The Morgan fingerprint density at radius 2 is 1.92 bits per heavy atom. The molecule has 0 aliphatic heterocycles. The van der Waals surface area contributed by atoms with Crippen molar-refractivity contribution >= 4 is 17.6 Å². The van der Waals surface area contributed by atoms with Gasteiger partial charge >= 0.3 is 6.03 Å². The molecular formula is C18H20ClFN2O3. The maximum atomic E-state index is 13.8. The Morgan fingerprint density at radius 3 is 2.56 bits per heavy atom. The van der Waals surface area contributed by atoms with E-state index in [0.29, 0.717) is 23.1 Å². The van der Waals surface area contributed by atoms with Crippen LogP contribution in [0.5, 0.6) is 11.5 Å². The van der Waals surface area contributed by atoms with E-state index in [1.54, 1.807) is 39.5 Å². The summed E-state index contributed by atoms with van der Waals surface area (Å²) in [4.78, 5) is 13.6. The van der Waals surface area contributed by atoms with Crippen molar-refractivity contribution in [2.45, 2.75) is 13.1 Å². The largest absolute Gasteiger partial charge is 0.493 e. The molecule has 0 fully saturated rings. The van der Waals surface area contributed by atoms with Gasteiger partial charge in [0.05, 0.1) is 20.8 Å². The number of amides is 2. The number of rotatable bonds is 6. The number of carbonyl (C=O) groups is 1. The molecule has 25 heavy (non-hydrogen) atoms. The fourth-order valence-corrected chi connectivity index (χ4v) is 2.52. The summed E-state index contributed by atoms with van der Waals surface area (Å²) in [6, 6.07) is 9.48.